The lowest BCUT2D eigenvalue weighted by molar-refractivity contribution is -0.125. The van der Waals surface area contributed by atoms with Gasteiger partial charge >= 0.3 is 0 Å². The fourth-order valence-electron chi connectivity index (χ4n) is 1.18. The van der Waals surface area contributed by atoms with E-state index in [4.69, 9.17) is 23.1 Å². The van der Waals surface area contributed by atoms with E-state index in [1.54, 1.807) is 26.0 Å². The van der Waals surface area contributed by atoms with Gasteiger partial charge in [0.1, 0.15) is 0 Å². The van der Waals surface area contributed by atoms with Crippen molar-refractivity contribution in [3.8, 4) is 0 Å². The van der Waals surface area contributed by atoms with Crippen LogP contribution in [0.1, 0.15) is 24.2 Å². The summed E-state index contributed by atoms with van der Waals surface area (Å²) in [6.45, 7) is 3.47. The minimum atomic E-state index is -0.798. The second-order valence-electron chi connectivity index (χ2n) is 4.67. The molecule has 0 saturated carbocycles. The minimum Gasteiger partial charge on any atom is -0.398 e. The molecule has 1 aromatic carbocycles. The quantitative estimate of drug-likeness (QED) is 0.716. The summed E-state index contributed by atoms with van der Waals surface area (Å²) in [6.07, 6.45) is 0. The van der Waals surface area contributed by atoms with E-state index >= 15 is 0 Å². The standard InChI is InChI=1S/C12H16ClN3O2/c1-12(2,11(15)18)6-16-10(17)7-3-4-8(13)9(14)5-7/h3-5H,6,14H2,1-2H3,(H2,15,18)(H,16,17). The molecule has 2 amide bonds. The van der Waals surface area contributed by atoms with Crippen molar-refractivity contribution in [2.45, 2.75) is 13.8 Å². The average Bonchev–Trinajstić information content (AvgIpc) is 2.29. The van der Waals surface area contributed by atoms with Gasteiger partial charge in [0.05, 0.1) is 16.1 Å². The van der Waals surface area contributed by atoms with Crippen molar-refractivity contribution in [1.82, 2.24) is 5.32 Å². The zero-order valence-corrected chi connectivity index (χ0v) is 11.0. The number of anilines is 1. The van der Waals surface area contributed by atoms with E-state index in [0.29, 0.717) is 16.3 Å². The first-order valence-electron chi connectivity index (χ1n) is 5.37. The van der Waals surface area contributed by atoms with Crippen molar-refractivity contribution in [2.24, 2.45) is 11.1 Å². The van der Waals surface area contributed by atoms with Gasteiger partial charge in [0.25, 0.3) is 5.91 Å². The van der Waals surface area contributed by atoms with E-state index in [1.165, 1.54) is 6.07 Å². The molecule has 1 aromatic rings. The predicted octanol–water partition coefficient (Wildman–Crippen LogP) is 1.16. The molecule has 0 fully saturated rings. The SMILES string of the molecule is CC(C)(CNC(=O)c1ccc(Cl)c(N)c1)C(N)=O. The summed E-state index contributed by atoms with van der Waals surface area (Å²) in [5.41, 5.74) is 10.7. The smallest absolute Gasteiger partial charge is 0.251 e. The summed E-state index contributed by atoms with van der Waals surface area (Å²) in [5.74, 6) is -0.800. The van der Waals surface area contributed by atoms with E-state index in [1.807, 2.05) is 0 Å². The lowest BCUT2D eigenvalue weighted by Crippen LogP contribution is -2.42. The van der Waals surface area contributed by atoms with Crippen LogP contribution in [-0.2, 0) is 4.79 Å². The third-order valence-electron chi connectivity index (χ3n) is 2.62. The molecule has 0 aliphatic carbocycles. The number of hydrogen-bond donors (Lipinski definition) is 3. The van der Waals surface area contributed by atoms with Crippen molar-refractivity contribution in [1.29, 1.82) is 0 Å². The molecule has 98 valence electrons. The molecule has 0 heterocycles. The first kappa shape index (κ1) is 14.3. The Morgan fingerprint density at radius 3 is 2.50 bits per heavy atom. The second-order valence-corrected chi connectivity index (χ2v) is 5.07. The average molecular weight is 270 g/mol. The lowest BCUT2D eigenvalue weighted by Gasteiger charge is -2.20. The fraction of sp³-hybridized carbons (Fsp3) is 0.333. The summed E-state index contributed by atoms with van der Waals surface area (Å²) in [5, 5.41) is 3.02. The predicted molar refractivity (Wildman–Crippen MR) is 71.2 cm³/mol. The largest absolute Gasteiger partial charge is 0.398 e. The number of nitrogens with two attached hydrogens (primary N) is 2. The molecule has 0 aromatic heterocycles. The Morgan fingerprint density at radius 1 is 1.39 bits per heavy atom. The van der Waals surface area contributed by atoms with Gasteiger partial charge in [0.2, 0.25) is 5.91 Å². The Labute approximate surface area is 110 Å². The van der Waals surface area contributed by atoms with Gasteiger partial charge < -0.3 is 16.8 Å². The number of carbonyl (C=O) groups is 2. The first-order chi connectivity index (χ1) is 8.24. The molecular weight excluding hydrogens is 254 g/mol. The number of nitrogens with one attached hydrogen (secondary N) is 1. The van der Waals surface area contributed by atoms with Crippen LogP contribution in [0.25, 0.3) is 0 Å². The summed E-state index contributed by atoms with van der Waals surface area (Å²) < 4.78 is 0. The number of hydrogen-bond acceptors (Lipinski definition) is 3. The molecule has 5 nitrogen and oxygen atoms in total. The maximum absolute atomic E-state index is 11.8. The maximum atomic E-state index is 11.8. The van der Waals surface area contributed by atoms with Crippen LogP contribution < -0.4 is 16.8 Å². The summed E-state index contributed by atoms with van der Waals surface area (Å²) in [4.78, 5) is 22.9. The van der Waals surface area contributed by atoms with E-state index in [0.717, 1.165) is 0 Å². The van der Waals surface area contributed by atoms with Crippen LogP contribution in [0.5, 0.6) is 0 Å². The molecule has 0 aliphatic rings. The zero-order chi connectivity index (χ0) is 13.9. The Kier molecular flexibility index (Phi) is 4.19. The van der Waals surface area contributed by atoms with Gasteiger partial charge in [-0.1, -0.05) is 11.6 Å². The van der Waals surface area contributed by atoms with E-state index in [9.17, 15) is 9.59 Å². The van der Waals surface area contributed by atoms with E-state index in [-0.39, 0.29) is 12.5 Å². The highest BCUT2D eigenvalue weighted by Crippen LogP contribution is 2.19. The maximum Gasteiger partial charge on any atom is 0.251 e. The van der Waals surface area contributed by atoms with Gasteiger partial charge in [-0.05, 0) is 32.0 Å². The van der Waals surface area contributed by atoms with Crippen LogP contribution in [-0.4, -0.2) is 18.4 Å². The van der Waals surface area contributed by atoms with Gasteiger partial charge in [-0.2, -0.15) is 0 Å². The normalized spacial score (nSPS) is 11.1. The van der Waals surface area contributed by atoms with Gasteiger partial charge in [0, 0.05) is 12.1 Å². The molecule has 18 heavy (non-hydrogen) atoms. The molecule has 0 radical (unpaired) electrons. The number of nitrogen functional groups attached to an aromatic ring is 1. The highest BCUT2D eigenvalue weighted by atomic mass is 35.5. The molecule has 0 saturated heterocycles. The molecule has 5 N–H and O–H groups in total. The number of benzene rings is 1. The third-order valence-corrected chi connectivity index (χ3v) is 2.96. The number of amides is 2. The molecule has 0 spiro atoms. The molecule has 6 heteroatoms. The highest BCUT2D eigenvalue weighted by Gasteiger charge is 2.25. The summed E-state index contributed by atoms with van der Waals surface area (Å²) in [6, 6.07) is 4.59. The van der Waals surface area contributed by atoms with Crippen LogP contribution >= 0.6 is 11.6 Å². The second kappa shape index (κ2) is 5.27. The molecule has 1 rings (SSSR count). The van der Waals surface area contributed by atoms with Crippen molar-refractivity contribution < 1.29 is 9.59 Å². The number of rotatable bonds is 4. The van der Waals surface area contributed by atoms with Crippen molar-refractivity contribution in [3.63, 3.8) is 0 Å². The highest BCUT2D eigenvalue weighted by molar-refractivity contribution is 6.33. The Balaban J connectivity index is 2.72. The molecule has 0 bridgehead atoms. The zero-order valence-electron chi connectivity index (χ0n) is 10.3. The number of halogens is 1. The van der Waals surface area contributed by atoms with Crippen LogP contribution in [0.2, 0.25) is 5.02 Å². The first-order valence-corrected chi connectivity index (χ1v) is 5.75. The summed E-state index contributed by atoms with van der Waals surface area (Å²) >= 11 is 5.76. The topological polar surface area (TPSA) is 98.2 Å². The van der Waals surface area contributed by atoms with Gasteiger partial charge in [-0.15, -0.1) is 0 Å². The van der Waals surface area contributed by atoms with Crippen molar-refractivity contribution in [2.75, 3.05) is 12.3 Å². The molecular formula is C12H16ClN3O2. The van der Waals surface area contributed by atoms with E-state index in [2.05, 4.69) is 5.32 Å². The van der Waals surface area contributed by atoms with Crippen LogP contribution in [0.4, 0.5) is 5.69 Å². The van der Waals surface area contributed by atoms with Gasteiger partial charge in [0.15, 0.2) is 0 Å². The molecule has 0 atom stereocenters. The lowest BCUT2D eigenvalue weighted by atomic mass is 9.92. The van der Waals surface area contributed by atoms with Crippen LogP contribution in [0, 0.1) is 5.41 Å². The number of primary amides is 1. The number of carbonyl (C=O) groups excluding carboxylic acids is 2. The van der Waals surface area contributed by atoms with E-state index < -0.39 is 11.3 Å². The molecule has 0 unspecified atom stereocenters. The van der Waals surface area contributed by atoms with Crippen LogP contribution in [0.3, 0.4) is 0 Å². The van der Waals surface area contributed by atoms with Gasteiger partial charge in [-0.3, -0.25) is 9.59 Å². The van der Waals surface area contributed by atoms with Crippen molar-refractivity contribution >= 4 is 29.1 Å². The van der Waals surface area contributed by atoms with Crippen LogP contribution in [0.15, 0.2) is 18.2 Å². The Hall–Kier alpha value is -1.75. The van der Waals surface area contributed by atoms with Gasteiger partial charge in [-0.25, -0.2) is 0 Å². The summed E-state index contributed by atoms with van der Waals surface area (Å²) in [7, 11) is 0. The molecule has 0 aliphatic heterocycles. The monoisotopic (exact) mass is 269 g/mol. The third kappa shape index (κ3) is 3.37. The Morgan fingerprint density at radius 2 is 2.00 bits per heavy atom. The minimum absolute atomic E-state index is 0.156. The Bertz CT molecular complexity index is 486. The fourth-order valence-corrected chi connectivity index (χ4v) is 1.29. The van der Waals surface area contributed by atoms with Crippen molar-refractivity contribution in [3.05, 3.63) is 28.8 Å².